The summed E-state index contributed by atoms with van der Waals surface area (Å²) in [6.07, 6.45) is 5.34. The van der Waals surface area contributed by atoms with Crippen LogP contribution in [0.25, 0.3) is 0 Å². The van der Waals surface area contributed by atoms with Crippen molar-refractivity contribution in [3.63, 3.8) is 0 Å². The van der Waals surface area contributed by atoms with Crippen molar-refractivity contribution in [3.05, 3.63) is 21.9 Å². The van der Waals surface area contributed by atoms with E-state index in [-0.39, 0.29) is 0 Å². The molecule has 1 aliphatic carbocycles. The van der Waals surface area contributed by atoms with E-state index in [0.29, 0.717) is 0 Å². The van der Waals surface area contributed by atoms with Gasteiger partial charge in [-0.05, 0) is 51.3 Å². The van der Waals surface area contributed by atoms with Crippen LogP contribution in [-0.4, -0.2) is 12.6 Å². The van der Waals surface area contributed by atoms with Crippen LogP contribution < -0.4 is 5.32 Å². The van der Waals surface area contributed by atoms with Crippen LogP contribution in [0.4, 0.5) is 0 Å². The highest BCUT2D eigenvalue weighted by molar-refractivity contribution is 7.11. The molecule has 0 unspecified atom stereocenters. The van der Waals surface area contributed by atoms with E-state index in [1.165, 1.54) is 42.0 Å². The Labute approximate surface area is 84.2 Å². The summed E-state index contributed by atoms with van der Waals surface area (Å²) in [6.45, 7) is 3.37. The van der Waals surface area contributed by atoms with Crippen molar-refractivity contribution in [2.45, 2.75) is 38.6 Å². The highest BCUT2D eigenvalue weighted by atomic mass is 32.1. The standard InChI is InChI=1S/C11H17NS/c1-9-4-7-11(13-9)3-2-8-12-10-5-6-10/h4,7,10,12H,2-3,5-6,8H2,1H3. The van der Waals surface area contributed by atoms with Gasteiger partial charge in [-0.15, -0.1) is 11.3 Å². The molecule has 1 aliphatic rings. The molecule has 2 rings (SSSR count). The van der Waals surface area contributed by atoms with Crippen LogP contribution in [0, 0.1) is 6.92 Å². The monoisotopic (exact) mass is 195 g/mol. The third-order valence-corrected chi connectivity index (χ3v) is 3.47. The van der Waals surface area contributed by atoms with Crippen LogP contribution in [0.15, 0.2) is 12.1 Å². The summed E-state index contributed by atoms with van der Waals surface area (Å²) < 4.78 is 0. The summed E-state index contributed by atoms with van der Waals surface area (Å²) >= 11 is 1.93. The summed E-state index contributed by atoms with van der Waals surface area (Å²) in [5.74, 6) is 0. The van der Waals surface area contributed by atoms with Crippen molar-refractivity contribution in [2.75, 3.05) is 6.54 Å². The van der Waals surface area contributed by atoms with E-state index in [0.717, 1.165) is 6.04 Å². The molecule has 1 fully saturated rings. The van der Waals surface area contributed by atoms with E-state index >= 15 is 0 Å². The second-order valence-electron chi connectivity index (χ2n) is 3.84. The molecule has 72 valence electrons. The van der Waals surface area contributed by atoms with E-state index in [2.05, 4.69) is 24.4 Å². The topological polar surface area (TPSA) is 12.0 Å². The van der Waals surface area contributed by atoms with Gasteiger partial charge in [0.1, 0.15) is 0 Å². The number of aryl methyl sites for hydroxylation is 2. The molecule has 1 heterocycles. The number of nitrogens with one attached hydrogen (secondary N) is 1. The molecule has 1 saturated carbocycles. The Morgan fingerprint density at radius 1 is 1.46 bits per heavy atom. The lowest BCUT2D eigenvalue weighted by atomic mass is 10.2. The van der Waals surface area contributed by atoms with Gasteiger partial charge in [0.15, 0.2) is 0 Å². The fraction of sp³-hybridized carbons (Fsp3) is 0.636. The first-order valence-electron chi connectivity index (χ1n) is 5.13. The lowest BCUT2D eigenvalue weighted by Gasteiger charge is -2.00. The molecule has 0 atom stereocenters. The molecule has 2 heteroatoms. The minimum absolute atomic E-state index is 0.866. The second kappa shape index (κ2) is 4.25. The molecule has 0 aromatic carbocycles. The maximum atomic E-state index is 3.54. The van der Waals surface area contributed by atoms with Gasteiger partial charge < -0.3 is 5.32 Å². The lowest BCUT2D eigenvalue weighted by molar-refractivity contribution is 0.648. The maximum absolute atomic E-state index is 3.54. The maximum Gasteiger partial charge on any atom is 0.00682 e. The van der Waals surface area contributed by atoms with Crippen LogP contribution in [0.2, 0.25) is 0 Å². The Bertz CT molecular complexity index is 263. The van der Waals surface area contributed by atoms with Gasteiger partial charge in [-0.3, -0.25) is 0 Å². The normalized spacial score (nSPS) is 16.4. The van der Waals surface area contributed by atoms with Crippen LogP contribution >= 0.6 is 11.3 Å². The average Bonchev–Trinajstić information content (AvgIpc) is 2.84. The minimum atomic E-state index is 0.866. The van der Waals surface area contributed by atoms with Gasteiger partial charge in [0, 0.05) is 15.8 Å². The SMILES string of the molecule is Cc1ccc(CCCNC2CC2)s1. The molecule has 1 aromatic rings. The predicted molar refractivity (Wildman–Crippen MR) is 58.4 cm³/mol. The molecule has 0 bridgehead atoms. The van der Waals surface area contributed by atoms with Gasteiger partial charge in [0.05, 0.1) is 0 Å². The lowest BCUT2D eigenvalue weighted by Crippen LogP contribution is -2.17. The van der Waals surface area contributed by atoms with Gasteiger partial charge in [-0.1, -0.05) is 0 Å². The van der Waals surface area contributed by atoms with Gasteiger partial charge in [0.2, 0.25) is 0 Å². The molecule has 1 N–H and O–H groups in total. The molecule has 0 saturated heterocycles. The van der Waals surface area contributed by atoms with Crippen LogP contribution in [0.5, 0.6) is 0 Å². The van der Waals surface area contributed by atoms with E-state index in [1.807, 2.05) is 11.3 Å². The Morgan fingerprint density at radius 3 is 2.92 bits per heavy atom. The summed E-state index contributed by atoms with van der Waals surface area (Å²) in [5, 5.41) is 3.54. The fourth-order valence-electron chi connectivity index (χ4n) is 1.48. The number of thiophene rings is 1. The molecule has 13 heavy (non-hydrogen) atoms. The quantitative estimate of drug-likeness (QED) is 0.712. The first kappa shape index (κ1) is 9.22. The largest absolute Gasteiger partial charge is 0.314 e. The molecule has 1 aromatic heterocycles. The van der Waals surface area contributed by atoms with Crippen molar-refractivity contribution in [1.82, 2.24) is 5.32 Å². The first-order chi connectivity index (χ1) is 6.34. The van der Waals surface area contributed by atoms with Crippen molar-refractivity contribution in [1.29, 1.82) is 0 Å². The van der Waals surface area contributed by atoms with E-state index in [1.54, 1.807) is 0 Å². The zero-order valence-corrected chi connectivity index (χ0v) is 8.99. The summed E-state index contributed by atoms with van der Waals surface area (Å²) in [6, 6.07) is 5.34. The predicted octanol–water partition coefficient (Wildman–Crippen LogP) is 2.74. The zero-order valence-electron chi connectivity index (χ0n) is 8.18. The second-order valence-corrected chi connectivity index (χ2v) is 5.22. The summed E-state index contributed by atoms with van der Waals surface area (Å²) in [7, 11) is 0. The van der Waals surface area contributed by atoms with Gasteiger partial charge in [0.25, 0.3) is 0 Å². The Morgan fingerprint density at radius 2 is 2.31 bits per heavy atom. The minimum Gasteiger partial charge on any atom is -0.314 e. The Kier molecular flexibility index (Phi) is 3.01. The third kappa shape index (κ3) is 3.12. The van der Waals surface area contributed by atoms with E-state index in [4.69, 9.17) is 0 Å². The van der Waals surface area contributed by atoms with Crippen LogP contribution in [0.3, 0.4) is 0 Å². The van der Waals surface area contributed by atoms with Crippen molar-refractivity contribution in [3.8, 4) is 0 Å². The zero-order chi connectivity index (χ0) is 9.10. The molecule has 0 amide bonds. The number of rotatable bonds is 5. The van der Waals surface area contributed by atoms with Crippen molar-refractivity contribution < 1.29 is 0 Å². The molecule has 0 radical (unpaired) electrons. The molecular weight excluding hydrogens is 178 g/mol. The van der Waals surface area contributed by atoms with Gasteiger partial charge in [-0.25, -0.2) is 0 Å². The Hall–Kier alpha value is -0.340. The van der Waals surface area contributed by atoms with Crippen molar-refractivity contribution in [2.24, 2.45) is 0 Å². The Balaban J connectivity index is 1.61. The van der Waals surface area contributed by atoms with Gasteiger partial charge in [-0.2, -0.15) is 0 Å². The fourth-order valence-corrected chi connectivity index (χ4v) is 2.41. The van der Waals surface area contributed by atoms with Crippen LogP contribution in [0.1, 0.15) is 29.0 Å². The van der Waals surface area contributed by atoms with E-state index < -0.39 is 0 Å². The molecular formula is C11H17NS. The highest BCUT2D eigenvalue weighted by Crippen LogP contribution is 2.19. The number of hydrogen-bond donors (Lipinski definition) is 1. The van der Waals surface area contributed by atoms with Crippen LogP contribution in [-0.2, 0) is 6.42 Å². The first-order valence-corrected chi connectivity index (χ1v) is 5.95. The molecule has 0 aliphatic heterocycles. The molecule has 1 nitrogen and oxygen atoms in total. The highest BCUT2D eigenvalue weighted by Gasteiger charge is 2.19. The third-order valence-electron chi connectivity index (χ3n) is 2.41. The smallest absolute Gasteiger partial charge is 0.00682 e. The molecule has 0 spiro atoms. The average molecular weight is 195 g/mol. The van der Waals surface area contributed by atoms with Crippen molar-refractivity contribution >= 4 is 11.3 Å². The summed E-state index contributed by atoms with van der Waals surface area (Å²) in [5.41, 5.74) is 0. The van der Waals surface area contributed by atoms with E-state index in [9.17, 15) is 0 Å². The number of hydrogen-bond acceptors (Lipinski definition) is 2. The van der Waals surface area contributed by atoms with Gasteiger partial charge >= 0.3 is 0 Å². The summed E-state index contributed by atoms with van der Waals surface area (Å²) in [4.78, 5) is 2.97.